The lowest BCUT2D eigenvalue weighted by Crippen LogP contribution is -2.49. The zero-order chi connectivity index (χ0) is 20.9. The molecule has 0 saturated carbocycles. The third kappa shape index (κ3) is 10.2. The highest BCUT2D eigenvalue weighted by molar-refractivity contribution is 9.10. The van der Waals surface area contributed by atoms with Gasteiger partial charge in [0.2, 0.25) is 5.91 Å². The topological polar surface area (TPSA) is 115 Å². The molecule has 28 heavy (non-hydrogen) atoms. The lowest BCUT2D eigenvalue weighted by molar-refractivity contribution is -0.146. The minimum Gasteiger partial charge on any atom is -0.483 e. The number of hydrazine groups is 1. The van der Waals surface area contributed by atoms with Crippen LogP contribution in [0, 0.1) is 6.92 Å². The van der Waals surface area contributed by atoms with E-state index < -0.39 is 17.8 Å². The van der Waals surface area contributed by atoms with Crippen LogP contribution in [0.1, 0.15) is 18.4 Å². The summed E-state index contributed by atoms with van der Waals surface area (Å²) in [4.78, 5) is 34.8. The summed E-state index contributed by atoms with van der Waals surface area (Å²) < 4.78 is 15.9. The molecule has 0 bridgehead atoms. The molecule has 1 rings (SSSR count). The van der Waals surface area contributed by atoms with Gasteiger partial charge in [-0.2, -0.15) is 0 Å². The third-order valence-corrected chi connectivity index (χ3v) is 3.87. The Kier molecular flexibility index (Phi) is 11.1. The molecule has 0 heterocycles. The summed E-state index contributed by atoms with van der Waals surface area (Å²) in [7, 11) is 1.49. The van der Waals surface area contributed by atoms with Crippen molar-refractivity contribution in [1.82, 2.24) is 16.2 Å². The van der Waals surface area contributed by atoms with Gasteiger partial charge in [-0.1, -0.05) is 15.9 Å². The zero-order valence-corrected chi connectivity index (χ0v) is 17.9. The van der Waals surface area contributed by atoms with Crippen LogP contribution in [0.25, 0.3) is 0 Å². The molecule has 11 heteroatoms. The lowest BCUT2D eigenvalue weighted by Gasteiger charge is -2.12. The number of esters is 1. The molecule has 0 aromatic heterocycles. The summed E-state index contributed by atoms with van der Waals surface area (Å²) in [5.41, 5.74) is 5.56. The number of thiocarbonyl (C=S) groups is 1. The first kappa shape index (κ1) is 23.8. The molecule has 0 radical (unpaired) electrons. The molecule has 1 aromatic carbocycles. The highest BCUT2D eigenvalue weighted by Gasteiger charge is 2.10. The number of hydrogen-bond acceptors (Lipinski definition) is 7. The Labute approximate surface area is 176 Å². The summed E-state index contributed by atoms with van der Waals surface area (Å²) in [5, 5.41) is 2.23. The molecule has 0 atom stereocenters. The van der Waals surface area contributed by atoms with E-state index >= 15 is 0 Å². The maximum absolute atomic E-state index is 11.8. The summed E-state index contributed by atoms with van der Waals surface area (Å²) >= 11 is 8.24. The Balaban J connectivity index is 2.21. The van der Waals surface area contributed by atoms with Crippen molar-refractivity contribution in [3.63, 3.8) is 0 Å². The van der Waals surface area contributed by atoms with E-state index in [1.807, 2.05) is 13.0 Å². The van der Waals surface area contributed by atoms with Gasteiger partial charge in [-0.25, -0.2) is 0 Å². The van der Waals surface area contributed by atoms with E-state index in [0.717, 1.165) is 10.0 Å². The van der Waals surface area contributed by atoms with Crippen molar-refractivity contribution in [2.45, 2.75) is 19.8 Å². The molecule has 0 spiro atoms. The molecule has 0 aliphatic heterocycles. The number of rotatable bonds is 9. The summed E-state index contributed by atoms with van der Waals surface area (Å²) in [6.45, 7) is 2.04. The van der Waals surface area contributed by atoms with Gasteiger partial charge in [-0.05, 0) is 42.9 Å². The van der Waals surface area contributed by atoms with Crippen LogP contribution in [-0.2, 0) is 23.9 Å². The van der Waals surface area contributed by atoms with E-state index in [1.165, 1.54) is 7.11 Å². The summed E-state index contributed by atoms with van der Waals surface area (Å²) in [6.07, 6.45) is -0.196. The number of halogens is 1. The van der Waals surface area contributed by atoms with Crippen molar-refractivity contribution >= 4 is 51.0 Å². The number of benzene rings is 1. The van der Waals surface area contributed by atoms with Crippen LogP contribution in [0.15, 0.2) is 22.7 Å². The maximum atomic E-state index is 11.8. The van der Waals surface area contributed by atoms with Crippen molar-refractivity contribution < 1.29 is 28.6 Å². The molecule has 2 amide bonds. The van der Waals surface area contributed by atoms with Crippen LogP contribution in [0.3, 0.4) is 0 Å². The van der Waals surface area contributed by atoms with Crippen molar-refractivity contribution in [3.8, 4) is 5.75 Å². The minimum atomic E-state index is -0.514. The van der Waals surface area contributed by atoms with E-state index in [0.29, 0.717) is 5.75 Å². The first-order chi connectivity index (χ1) is 13.3. The average Bonchev–Trinajstić information content (AvgIpc) is 2.64. The molecular weight excluding hydrogens is 454 g/mol. The number of amides is 2. The fourth-order valence-electron chi connectivity index (χ4n) is 1.83. The van der Waals surface area contributed by atoms with Gasteiger partial charge < -0.3 is 19.5 Å². The van der Waals surface area contributed by atoms with E-state index in [9.17, 15) is 14.4 Å². The molecule has 154 valence electrons. The largest absolute Gasteiger partial charge is 0.483 e. The Morgan fingerprint density at radius 3 is 2.54 bits per heavy atom. The average molecular weight is 476 g/mol. The predicted molar refractivity (Wildman–Crippen MR) is 108 cm³/mol. The predicted octanol–water partition coefficient (Wildman–Crippen LogP) is 1.13. The van der Waals surface area contributed by atoms with Gasteiger partial charge in [0, 0.05) is 18.0 Å². The lowest BCUT2D eigenvalue weighted by atomic mass is 10.2. The van der Waals surface area contributed by atoms with E-state index in [2.05, 4.69) is 32.1 Å². The zero-order valence-electron chi connectivity index (χ0n) is 15.5. The Morgan fingerprint density at radius 2 is 1.86 bits per heavy atom. The van der Waals surface area contributed by atoms with Crippen molar-refractivity contribution in [3.05, 3.63) is 28.2 Å². The molecule has 0 aliphatic rings. The molecule has 9 nitrogen and oxygen atoms in total. The van der Waals surface area contributed by atoms with Gasteiger partial charge in [0.25, 0.3) is 5.91 Å². The van der Waals surface area contributed by atoms with Crippen molar-refractivity contribution in [2.75, 3.05) is 26.9 Å². The smallest absolute Gasteiger partial charge is 0.306 e. The van der Waals surface area contributed by atoms with Crippen LogP contribution in [0.5, 0.6) is 5.75 Å². The van der Waals surface area contributed by atoms with Crippen LogP contribution in [-0.4, -0.2) is 49.8 Å². The second-order valence-corrected chi connectivity index (χ2v) is 6.79. The molecule has 0 fully saturated rings. The van der Waals surface area contributed by atoms with Gasteiger partial charge in [0.15, 0.2) is 11.7 Å². The van der Waals surface area contributed by atoms with Gasteiger partial charge in [0.05, 0.1) is 13.0 Å². The maximum Gasteiger partial charge on any atom is 0.306 e. The van der Waals surface area contributed by atoms with E-state index in [4.69, 9.17) is 26.4 Å². The van der Waals surface area contributed by atoms with Gasteiger partial charge >= 0.3 is 5.97 Å². The first-order valence-corrected chi connectivity index (χ1v) is 9.44. The highest BCUT2D eigenvalue weighted by Crippen LogP contribution is 2.21. The van der Waals surface area contributed by atoms with Crippen LogP contribution in [0.2, 0.25) is 0 Å². The number of aryl methyl sites for hydroxylation is 1. The molecule has 0 unspecified atom stereocenters. The van der Waals surface area contributed by atoms with Crippen LogP contribution in [0.4, 0.5) is 0 Å². The van der Waals surface area contributed by atoms with E-state index in [-0.39, 0.29) is 37.8 Å². The molecule has 1 aromatic rings. The fraction of sp³-hybridized carbons (Fsp3) is 0.412. The molecule has 3 N–H and O–H groups in total. The second-order valence-electron chi connectivity index (χ2n) is 5.46. The normalized spacial score (nSPS) is 9.96. The van der Waals surface area contributed by atoms with Crippen LogP contribution >= 0.6 is 28.1 Å². The second kappa shape index (κ2) is 13.0. The molecule has 0 saturated heterocycles. The number of ether oxygens (including phenoxy) is 3. The number of hydrogen-bond donors (Lipinski definition) is 3. The standard InChI is InChI=1S/C17H22BrN3O6S/c1-11-9-12(18)3-4-13(11)27-10-15(23)20-21-17(28)19-14(22)5-6-16(24)26-8-7-25-2/h3-4,9H,5-8,10H2,1-2H3,(H,20,23)(H2,19,21,22,28). The molecular formula is C17H22BrN3O6S. The SMILES string of the molecule is COCCOC(=O)CCC(=O)NC(=S)NNC(=O)COc1ccc(Br)cc1C. The first-order valence-electron chi connectivity index (χ1n) is 8.24. The van der Waals surface area contributed by atoms with Gasteiger partial charge in [-0.3, -0.25) is 25.2 Å². The quantitative estimate of drug-likeness (QED) is 0.210. The third-order valence-electron chi connectivity index (χ3n) is 3.17. The fourth-order valence-corrected chi connectivity index (χ4v) is 2.47. The summed E-state index contributed by atoms with van der Waals surface area (Å²) in [6, 6.07) is 5.41. The van der Waals surface area contributed by atoms with Gasteiger partial charge in [-0.15, -0.1) is 0 Å². The van der Waals surface area contributed by atoms with Gasteiger partial charge in [0.1, 0.15) is 12.4 Å². The number of methoxy groups -OCH3 is 1. The van der Waals surface area contributed by atoms with Crippen molar-refractivity contribution in [1.29, 1.82) is 0 Å². The number of carbonyl (C=O) groups is 3. The molecule has 0 aliphatic carbocycles. The monoisotopic (exact) mass is 475 g/mol. The Hall–Kier alpha value is -2.24. The Morgan fingerprint density at radius 1 is 1.11 bits per heavy atom. The number of carbonyl (C=O) groups excluding carboxylic acids is 3. The van der Waals surface area contributed by atoms with Crippen molar-refractivity contribution in [2.24, 2.45) is 0 Å². The highest BCUT2D eigenvalue weighted by atomic mass is 79.9. The number of nitrogens with one attached hydrogen (secondary N) is 3. The summed E-state index contributed by atoms with van der Waals surface area (Å²) in [5.74, 6) is -0.913. The Bertz CT molecular complexity index is 716. The minimum absolute atomic E-state index is 0.0924. The van der Waals surface area contributed by atoms with E-state index in [1.54, 1.807) is 12.1 Å². The van der Waals surface area contributed by atoms with Crippen LogP contribution < -0.4 is 20.9 Å².